The third-order valence-corrected chi connectivity index (χ3v) is 6.42. The van der Waals surface area contributed by atoms with Crippen LogP contribution >= 0.6 is 0 Å². The smallest absolute Gasteiger partial charge is 0.492 e. The van der Waals surface area contributed by atoms with Gasteiger partial charge in [-0.05, 0) is 61.2 Å². The van der Waals surface area contributed by atoms with E-state index in [1.807, 2.05) is 0 Å². The van der Waals surface area contributed by atoms with Gasteiger partial charge < -0.3 is 29.0 Å². The van der Waals surface area contributed by atoms with E-state index in [1.54, 1.807) is 31.2 Å². The number of amides is 1. The number of hydrogen-bond donors (Lipinski definition) is 1. The van der Waals surface area contributed by atoms with Gasteiger partial charge in [0.1, 0.15) is 23.9 Å². The number of halogens is 3. The number of carbonyl (C=O) groups excluding carboxylic acids is 1. The maximum atomic E-state index is 12.9. The largest absolute Gasteiger partial charge is 0.573 e. The fourth-order valence-corrected chi connectivity index (χ4v) is 4.43. The van der Waals surface area contributed by atoms with Crippen LogP contribution in [0.15, 0.2) is 48.5 Å². The maximum Gasteiger partial charge on any atom is 0.573 e. The van der Waals surface area contributed by atoms with Crippen molar-refractivity contribution in [2.75, 3.05) is 26.3 Å². The maximum absolute atomic E-state index is 12.9. The Labute approximate surface area is 225 Å². The lowest BCUT2D eigenvalue weighted by atomic mass is 10.0. The molecule has 2 aromatic rings. The molecule has 1 aliphatic carbocycles. The summed E-state index contributed by atoms with van der Waals surface area (Å²) in [6, 6.07) is 11.6. The van der Waals surface area contributed by atoms with E-state index < -0.39 is 30.3 Å². The standard InChI is InChI=1S/C28H34F3NO7/c1-2-36-25(26(33)34)19-21-7-9-22(10-8-21)37-18-17-32(16-15-20-5-3-4-6-20)27(35)38-23-11-13-24(14-12-23)39-28(29,30)31/h7-14,20,25H,2-6,15-19H2,1H3,(H,33,34). The summed E-state index contributed by atoms with van der Waals surface area (Å²) in [6.45, 7) is 2.94. The Kier molecular flexibility index (Phi) is 11.3. The van der Waals surface area contributed by atoms with Crippen molar-refractivity contribution in [1.29, 1.82) is 0 Å². The van der Waals surface area contributed by atoms with Crippen LogP contribution < -0.4 is 14.2 Å². The highest BCUT2D eigenvalue weighted by molar-refractivity contribution is 5.72. The summed E-state index contributed by atoms with van der Waals surface area (Å²) in [5.41, 5.74) is 0.789. The number of ether oxygens (including phenoxy) is 4. The molecular formula is C28H34F3NO7. The lowest BCUT2D eigenvalue weighted by molar-refractivity contribution is -0.274. The molecule has 1 saturated carbocycles. The van der Waals surface area contributed by atoms with Crippen molar-refractivity contribution in [2.45, 2.75) is 57.9 Å². The first kappa shape index (κ1) is 30.1. The van der Waals surface area contributed by atoms with Crippen molar-refractivity contribution in [1.82, 2.24) is 4.90 Å². The van der Waals surface area contributed by atoms with Crippen molar-refractivity contribution in [2.24, 2.45) is 5.92 Å². The Morgan fingerprint density at radius 3 is 2.18 bits per heavy atom. The molecule has 1 aliphatic rings. The summed E-state index contributed by atoms with van der Waals surface area (Å²) in [5, 5.41) is 9.25. The lowest BCUT2D eigenvalue weighted by Gasteiger charge is -2.23. The number of carboxylic acids is 1. The number of hydrogen-bond acceptors (Lipinski definition) is 6. The van der Waals surface area contributed by atoms with Gasteiger partial charge in [-0.2, -0.15) is 0 Å². The highest BCUT2D eigenvalue weighted by Gasteiger charge is 2.31. The highest BCUT2D eigenvalue weighted by Crippen LogP contribution is 2.28. The van der Waals surface area contributed by atoms with Gasteiger partial charge in [-0.3, -0.25) is 0 Å². The average Bonchev–Trinajstić information content (AvgIpc) is 3.40. The Balaban J connectivity index is 1.55. The van der Waals surface area contributed by atoms with E-state index in [0.717, 1.165) is 37.0 Å². The van der Waals surface area contributed by atoms with Gasteiger partial charge in [0.05, 0.1) is 6.54 Å². The van der Waals surface area contributed by atoms with Crippen molar-refractivity contribution in [3.8, 4) is 17.2 Å². The summed E-state index contributed by atoms with van der Waals surface area (Å²) >= 11 is 0. The van der Waals surface area contributed by atoms with E-state index in [4.69, 9.17) is 14.2 Å². The molecule has 39 heavy (non-hydrogen) atoms. The number of benzene rings is 2. The third kappa shape index (κ3) is 10.7. The Bertz CT molecular complexity index is 1040. The second-order valence-corrected chi connectivity index (χ2v) is 9.29. The molecule has 1 N–H and O–H groups in total. The van der Waals surface area contributed by atoms with Crippen molar-refractivity contribution in [3.05, 3.63) is 54.1 Å². The molecule has 1 unspecified atom stereocenters. The SMILES string of the molecule is CCOC(Cc1ccc(OCCN(CCC2CCCC2)C(=O)Oc2ccc(OC(F)(F)F)cc2)cc1)C(=O)O. The summed E-state index contributed by atoms with van der Waals surface area (Å²) in [6.07, 6.45) is -0.685. The van der Waals surface area contributed by atoms with Crippen LogP contribution in [0.25, 0.3) is 0 Å². The minimum atomic E-state index is -4.81. The Morgan fingerprint density at radius 2 is 1.59 bits per heavy atom. The van der Waals surface area contributed by atoms with E-state index >= 15 is 0 Å². The molecule has 214 valence electrons. The van der Waals surface area contributed by atoms with E-state index in [2.05, 4.69) is 4.74 Å². The molecule has 11 heteroatoms. The molecule has 0 aliphatic heterocycles. The van der Waals surface area contributed by atoms with Crippen LogP contribution in [0.1, 0.15) is 44.6 Å². The zero-order chi connectivity index (χ0) is 28.3. The van der Waals surface area contributed by atoms with E-state index in [0.29, 0.717) is 24.8 Å². The van der Waals surface area contributed by atoms with Crippen LogP contribution in [0.3, 0.4) is 0 Å². The van der Waals surface area contributed by atoms with Crippen LogP contribution in [-0.2, 0) is 16.0 Å². The topological polar surface area (TPSA) is 94.5 Å². The van der Waals surface area contributed by atoms with Crippen molar-refractivity contribution < 1.29 is 46.8 Å². The van der Waals surface area contributed by atoms with Crippen LogP contribution in [0.5, 0.6) is 17.2 Å². The minimum Gasteiger partial charge on any atom is -0.492 e. The minimum absolute atomic E-state index is 0.101. The Hall–Kier alpha value is -3.47. The molecule has 0 heterocycles. The van der Waals surface area contributed by atoms with Gasteiger partial charge in [0.15, 0.2) is 6.10 Å². The van der Waals surface area contributed by atoms with Gasteiger partial charge in [0.25, 0.3) is 0 Å². The number of carboxylic acid groups (broad SMARTS) is 1. The number of nitrogens with zero attached hydrogens (tertiary/aromatic N) is 1. The zero-order valence-electron chi connectivity index (χ0n) is 21.8. The quantitative estimate of drug-likeness (QED) is 0.303. The second kappa shape index (κ2) is 14.6. The van der Waals surface area contributed by atoms with Gasteiger partial charge in [-0.15, -0.1) is 13.2 Å². The first-order chi connectivity index (χ1) is 18.6. The molecule has 3 rings (SSSR count). The predicted molar refractivity (Wildman–Crippen MR) is 136 cm³/mol. The van der Waals surface area contributed by atoms with Crippen LogP contribution in [0, 0.1) is 5.92 Å². The molecule has 8 nitrogen and oxygen atoms in total. The second-order valence-electron chi connectivity index (χ2n) is 9.29. The van der Waals surface area contributed by atoms with Gasteiger partial charge in [-0.25, -0.2) is 9.59 Å². The first-order valence-corrected chi connectivity index (χ1v) is 13.0. The lowest BCUT2D eigenvalue weighted by Crippen LogP contribution is -2.38. The molecular weight excluding hydrogens is 519 g/mol. The summed E-state index contributed by atoms with van der Waals surface area (Å²) < 4.78 is 57.5. The molecule has 1 atom stereocenters. The molecule has 0 bridgehead atoms. The number of rotatable bonds is 14. The van der Waals surface area contributed by atoms with Gasteiger partial charge in [0, 0.05) is 19.6 Å². The normalized spacial score (nSPS) is 14.6. The summed E-state index contributed by atoms with van der Waals surface area (Å²) in [4.78, 5) is 25.7. The van der Waals surface area contributed by atoms with E-state index in [-0.39, 0.29) is 25.3 Å². The molecule has 1 fully saturated rings. The van der Waals surface area contributed by atoms with E-state index in [1.165, 1.54) is 29.9 Å². The van der Waals surface area contributed by atoms with Crippen LogP contribution in [-0.4, -0.2) is 60.8 Å². The van der Waals surface area contributed by atoms with Crippen molar-refractivity contribution >= 4 is 12.1 Å². The monoisotopic (exact) mass is 553 g/mol. The Morgan fingerprint density at radius 1 is 0.974 bits per heavy atom. The fraction of sp³-hybridized carbons (Fsp3) is 0.500. The first-order valence-electron chi connectivity index (χ1n) is 13.0. The molecule has 0 saturated heterocycles. The summed E-state index contributed by atoms with van der Waals surface area (Å²) in [5.74, 6) is -0.225. The van der Waals surface area contributed by atoms with Gasteiger partial charge in [0.2, 0.25) is 0 Å². The zero-order valence-corrected chi connectivity index (χ0v) is 21.8. The molecule has 1 amide bonds. The van der Waals surface area contributed by atoms with E-state index in [9.17, 15) is 27.9 Å². The molecule has 0 radical (unpaired) electrons. The number of aliphatic carboxylic acids is 1. The number of alkyl halides is 3. The molecule has 0 aromatic heterocycles. The molecule has 0 spiro atoms. The highest BCUT2D eigenvalue weighted by atomic mass is 19.4. The van der Waals surface area contributed by atoms with Crippen LogP contribution in [0.4, 0.5) is 18.0 Å². The third-order valence-electron chi connectivity index (χ3n) is 6.42. The number of carbonyl (C=O) groups is 2. The summed E-state index contributed by atoms with van der Waals surface area (Å²) in [7, 11) is 0. The van der Waals surface area contributed by atoms with Gasteiger partial charge in [-0.1, -0.05) is 37.8 Å². The van der Waals surface area contributed by atoms with Gasteiger partial charge >= 0.3 is 18.4 Å². The predicted octanol–water partition coefficient (Wildman–Crippen LogP) is 6.08. The van der Waals surface area contributed by atoms with Crippen LogP contribution in [0.2, 0.25) is 0 Å². The van der Waals surface area contributed by atoms with Crippen molar-refractivity contribution in [3.63, 3.8) is 0 Å². The average molecular weight is 554 g/mol. The fourth-order valence-electron chi connectivity index (χ4n) is 4.43. The molecule has 2 aromatic carbocycles.